The van der Waals surface area contributed by atoms with Gasteiger partial charge in [0, 0.05) is 12.0 Å². The predicted octanol–water partition coefficient (Wildman–Crippen LogP) is 4.95. The van der Waals surface area contributed by atoms with Gasteiger partial charge in [-0.3, -0.25) is 0 Å². The van der Waals surface area contributed by atoms with E-state index in [-0.39, 0.29) is 0 Å². The molecule has 4 rings (SSSR count). The lowest BCUT2D eigenvalue weighted by Crippen LogP contribution is -2.07. The van der Waals surface area contributed by atoms with E-state index in [0.29, 0.717) is 18.3 Å². The lowest BCUT2D eigenvalue weighted by atomic mass is 10.0. The third-order valence-corrected chi connectivity index (χ3v) is 5.17. The van der Waals surface area contributed by atoms with Crippen molar-refractivity contribution < 1.29 is 19.4 Å². The van der Waals surface area contributed by atoms with E-state index >= 15 is 0 Å². The lowest BCUT2D eigenvalue weighted by Gasteiger charge is -2.11. The molecule has 0 amide bonds. The minimum absolute atomic E-state index is 0.305. The Bertz CT molecular complexity index is 1230. The number of rotatable bonds is 8. The third kappa shape index (κ3) is 4.54. The second-order valence-electron chi connectivity index (χ2n) is 7.34. The summed E-state index contributed by atoms with van der Waals surface area (Å²) in [5, 5.41) is 8.99. The van der Waals surface area contributed by atoms with E-state index in [1.807, 2.05) is 36.4 Å². The number of imidazole rings is 1. The van der Waals surface area contributed by atoms with Crippen LogP contribution in [-0.4, -0.2) is 37.9 Å². The van der Waals surface area contributed by atoms with Gasteiger partial charge in [0.05, 0.1) is 19.9 Å². The van der Waals surface area contributed by atoms with Gasteiger partial charge in [0.15, 0.2) is 5.65 Å². The molecule has 0 aliphatic rings. The highest BCUT2D eigenvalue weighted by atomic mass is 16.7. The molecule has 0 unspecified atom stereocenters. The van der Waals surface area contributed by atoms with Gasteiger partial charge in [-0.05, 0) is 23.6 Å². The summed E-state index contributed by atoms with van der Waals surface area (Å²) in [6, 6.07) is 15.3. The molecule has 4 aromatic rings. The summed E-state index contributed by atoms with van der Waals surface area (Å²) in [7, 11) is 1.55. The largest absolute Gasteiger partial charge is 0.511 e. The van der Waals surface area contributed by atoms with Gasteiger partial charge >= 0.3 is 12.2 Å². The van der Waals surface area contributed by atoms with Crippen LogP contribution < -0.4 is 9.47 Å². The third-order valence-electron chi connectivity index (χ3n) is 5.17. The van der Waals surface area contributed by atoms with Crippen molar-refractivity contribution in [2.24, 2.45) is 0 Å². The number of hydrogen-bond donors (Lipinski definition) is 1. The molecule has 0 saturated heterocycles. The normalized spacial score (nSPS) is 10.9. The van der Waals surface area contributed by atoms with Crippen LogP contribution in [0.4, 0.5) is 4.79 Å². The van der Waals surface area contributed by atoms with E-state index < -0.39 is 6.16 Å². The number of ether oxygens (including phenoxy) is 2. The number of methoxy groups -OCH3 is 1. The summed E-state index contributed by atoms with van der Waals surface area (Å²) >= 11 is 0. The summed E-state index contributed by atoms with van der Waals surface area (Å²) in [5.41, 5.74) is 4.15. The van der Waals surface area contributed by atoms with Gasteiger partial charge in [0.1, 0.15) is 17.1 Å². The SMILES string of the molecule is CCCCc1nc2cnc(OC)nc2n1Cc1ccc(-c2ccccc2OC(=O)O)cc1. The lowest BCUT2D eigenvalue weighted by molar-refractivity contribution is 0.144. The fraction of sp³-hybridized carbons (Fsp3) is 0.250. The highest BCUT2D eigenvalue weighted by Crippen LogP contribution is 2.30. The van der Waals surface area contributed by atoms with Crippen LogP contribution in [0.5, 0.6) is 11.8 Å². The molecule has 2 heterocycles. The van der Waals surface area contributed by atoms with E-state index in [1.54, 1.807) is 25.4 Å². The van der Waals surface area contributed by atoms with Crippen LogP contribution in [0.1, 0.15) is 31.2 Å². The molecule has 0 fully saturated rings. The van der Waals surface area contributed by atoms with Crippen molar-refractivity contribution in [3.8, 4) is 22.9 Å². The number of para-hydroxylation sites is 1. The van der Waals surface area contributed by atoms with Crippen molar-refractivity contribution in [1.29, 1.82) is 0 Å². The van der Waals surface area contributed by atoms with Crippen LogP contribution in [0, 0.1) is 0 Å². The average Bonchev–Trinajstić information content (AvgIpc) is 3.14. The topological polar surface area (TPSA) is 99.4 Å². The van der Waals surface area contributed by atoms with Crippen molar-refractivity contribution in [3.05, 3.63) is 66.1 Å². The van der Waals surface area contributed by atoms with E-state index in [0.717, 1.165) is 52.9 Å². The van der Waals surface area contributed by atoms with Crippen LogP contribution >= 0.6 is 0 Å². The highest BCUT2D eigenvalue weighted by Gasteiger charge is 2.15. The Morgan fingerprint density at radius 1 is 1.09 bits per heavy atom. The van der Waals surface area contributed by atoms with Gasteiger partial charge in [-0.15, -0.1) is 0 Å². The van der Waals surface area contributed by atoms with Gasteiger partial charge < -0.3 is 19.1 Å². The first-order valence-corrected chi connectivity index (χ1v) is 10.4. The predicted molar refractivity (Wildman–Crippen MR) is 120 cm³/mol. The molecular formula is C24H24N4O4. The molecule has 0 spiro atoms. The van der Waals surface area contributed by atoms with Gasteiger partial charge in [0.25, 0.3) is 0 Å². The number of benzene rings is 2. The zero-order valence-electron chi connectivity index (χ0n) is 18.0. The number of nitrogens with zero attached hydrogens (tertiary/aromatic N) is 4. The first kappa shape index (κ1) is 21.3. The molecule has 2 aromatic carbocycles. The Balaban J connectivity index is 1.66. The minimum atomic E-state index is -1.34. The van der Waals surface area contributed by atoms with Gasteiger partial charge in [0.2, 0.25) is 0 Å². The number of aryl methyl sites for hydroxylation is 1. The Morgan fingerprint density at radius 2 is 1.88 bits per heavy atom. The molecule has 0 saturated carbocycles. The molecule has 0 radical (unpaired) electrons. The van der Waals surface area contributed by atoms with Crippen molar-refractivity contribution in [2.75, 3.05) is 7.11 Å². The molecule has 2 aromatic heterocycles. The maximum absolute atomic E-state index is 11.0. The maximum Gasteiger partial charge on any atom is 0.511 e. The molecule has 0 bridgehead atoms. The zero-order valence-corrected chi connectivity index (χ0v) is 18.0. The van der Waals surface area contributed by atoms with Crippen molar-refractivity contribution in [3.63, 3.8) is 0 Å². The first-order chi connectivity index (χ1) is 15.6. The van der Waals surface area contributed by atoms with Crippen molar-refractivity contribution in [1.82, 2.24) is 19.5 Å². The molecule has 32 heavy (non-hydrogen) atoms. The maximum atomic E-state index is 11.0. The number of fused-ring (bicyclic) bond motifs is 1. The summed E-state index contributed by atoms with van der Waals surface area (Å²) in [4.78, 5) is 24.4. The van der Waals surface area contributed by atoms with Crippen LogP contribution in [0.2, 0.25) is 0 Å². The van der Waals surface area contributed by atoms with Crippen LogP contribution in [-0.2, 0) is 13.0 Å². The molecule has 164 valence electrons. The van der Waals surface area contributed by atoms with Crippen LogP contribution in [0.3, 0.4) is 0 Å². The standard InChI is InChI=1S/C24H24N4O4/c1-3-4-9-21-26-19-14-25-23(31-2)27-22(19)28(21)15-16-10-12-17(13-11-16)18-7-5-6-8-20(18)32-24(29)30/h5-8,10-14H,3-4,9,15H2,1-2H3,(H,29,30). The summed E-state index contributed by atoms with van der Waals surface area (Å²) in [6.07, 6.45) is 3.32. The number of hydrogen-bond acceptors (Lipinski definition) is 6. The molecular weight excluding hydrogens is 408 g/mol. The van der Waals surface area contributed by atoms with Crippen LogP contribution in [0.25, 0.3) is 22.3 Å². The number of aromatic nitrogens is 4. The highest BCUT2D eigenvalue weighted by molar-refractivity contribution is 5.74. The monoisotopic (exact) mass is 432 g/mol. The fourth-order valence-corrected chi connectivity index (χ4v) is 3.60. The Labute approximate surface area is 185 Å². The molecule has 0 atom stereocenters. The van der Waals surface area contributed by atoms with Gasteiger partial charge in [-0.1, -0.05) is 55.8 Å². The summed E-state index contributed by atoms with van der Waals surface area (Å²) < 4.78 is 12.2. The van der Waals surface area contributed by atoms with Crippen molar-refractivity contribution in [2.45, 2.75) is 32.7 Å². The number of carbonyl (C=O) groups is 1. The van der Waals surface area contributed by atoms with E-state index in [4.69, 9.17) is 19.6 Å². The second kappa shape index (κ2) is 9.47. The van der Waals surface area contributed by atoms with Gasteiger partial charge in [-0.2, -0.15) is 4.98 Å². The Kier molecular flexibility index (Phi) is 6.30. The summed E-state index contributed by atoms with van der Waals surface area (Å²) in [5.74, 6) is 1.27. The fourth-order valence-electron chi connectivity index (χ4n) is 3.60. The minimum Gasteiger partial charge on any atom is -0.467 e. The molecule has 0 aliphatic heterocycles. The van der Waals surface area contributed by atoms with E-state index in [1.165, 1.54) is 0 Å². The van der Waals surface area contributed by atoms with Gasteiger partial charge in [-0.25, -0.2) is 14.8 Å². The Hall–Kier alpha value is -3.94. The zero-order chi connectivity index (χ0) is 22.5. The molecule has 8 nitrogen and oxygen atoms in total. The smallest absolute Gasteiger partial charge is 0.467 e. The van der Waals surface area contributed by atoms with E-state index in [2.05, 4.69) is 21.5 Å². The quantitative estimate of drug-likeness (QED) is 0.311. The number of carboxylic acid groups (broad SMARTS) is 1. The average molecular weight is 432 g/mol. The molecule has 8 heteroatoms. The second-order valence-corrected chi connectivity index (χ2v) is 7.34. The van der Waals surface area contributed by atoms with E-state index in [9.17, 15) is 4.79 Å². The van der Waals surface area contributed by atoms with Crippen LogP contribution in [0.15, 0.2) is 54.7 Å². The molecule has 0 aliphatic carbocycles. The molecule has 1 N–H and O–H groups in total. The number of unbranched alkanes of at least 4 members (excludes halogenated alkanes) is 1. The Morgan fingerprint density at radius 3 is 2.59 bits per heavy atom. The first-order valence-electron chi connectivity index (χ1n) is 10.4. The van der Waals surface area contributed by atoms with Crippen molar-refractivity contribution >= 4 is 17.3 Å². The summed E-state index contributed by atoms with van der Waals surface area (Å²) in [6.45, 7) is 2.75.